The van der Waals surface area contributed by atoms with Crippen LogP contribution in [0, 0.1) is 11.3 Å². The van der Waals surface area contributed by atoms with Gasteiger partial charge in [0.1, 0.15) is 0 Å². The van der Waals surface area contributed by atoms with Crippen LogP contribution in [0.2, 0.25) is 5.02 Å². The monoisotopic (exact) mass is 319 g/mol. The average Bonchev–Trinajstić information content (AvgIpc) is 2.98. The summed E-state index contributed by atoms with van der Waals surface area (Å²) >= 11 is 6.08. The minimum atomic E-state index is 0.104. The highest BCUT2D eigenvalue weighted by atomic mass is 35.5. The first kappa shape index (κ1) is 16.8. The Morgan fingerprint density at radius 1 is 1.55 bits per heavy atom. The van der Waals surface area contributed by atoms with Crippen molar-refractivity contribution in [3.8, 4) is 6.07 Å². The summed E-state index contributed by atoms with van der Waals surface area (Å²) in [6.45, 7) is 2.28. The van der Waals surface area contributed by atoms with Crippen molar-refractivity contribution in [2.75, 3.05) is 26.7 Å². The molecule has 0 N–H and O–H groups in total. The molecule has 0 spiro atoms. The molecule has 1 aromatic carbocycles. The van der Waals surface area contributed by atoms with E-state index in [1.54, 1.807) is 11.9 Å². The second-order valence-electron chi connectivity index (χ2n) is 5.72. The smallest absolute Gasteiger partial charge is 0.223 e. The van der Waals surface area contributed by atoms with Crippen LogP contribution in [0.3, 0.4) is 0 Å². The lowest BCUT2D eigenvalue weighted by Gasteiger charge is -2.25. The molecule has 0 aromatic heterocycles. The molecule has 5 heteroatoms. The number of carbonyl (C=O) groups is 1. The molecule has 1 atom stereocenters. The summed E-state index contributed by atoms with van der Waals surface area (Å²) in [7, 11) is 1.76. The Morgan fingerprint density at radius 2 is 2.36 bits per heavy atom. The highest BCUT2D eigenvalue weighted by molar-refractivity contribution is 6.30. The first-order valence-corrected chi connectivity index (χ1v) is 8.10. The second kappa shape index (κ2) is 8.17. The zero-order chi connectivity index (χ0) is 15.9. The number of benzene rings is 1. The van der Waals surface area contributed by atoms with Crippen LogP contribution in [-0.4, -0.2) is 42.4 Å². The van der Waals surface area contributed by atoms with E-state index in [2.05, 4.69) is 17.0 Å². The van der Waals surface area contributed by atoms with Crippen molar-refractivity contribution in [2.24, 2.45) is 0 Å². The molecule has 1 amide bonds. The molecule has 1 aliphatic heterocycles. The fourth-order valence-electron chi connectivity index (χ4n) is 2.96. The van der Waals surface area contributed by atoms with Crippen molar-refractivity contribution in [3.63, 3.8) is 0 Å². The normalized spacial score (nSPS) is 18.1. The lowest BCUT2D eigenvalue weighted by Crippen LogP contribution is -2.32. The van der Waals surface area contributed by atoms with Gasteiger partial charge in [0.25, 0.3) is 0 Å². The van der Waals surface area contributed by atoms with Gasteiger partial charge in [-0.15, -0.1) is 0 Å². The molecule has 0 bridgehead atoms. The third kappa shape index (κ3) is 4.46. The van der Waals surface area contributed by atoms with E-state index in [1.165, 1.54) is 5.56 Å². The second-order valence-corrected chi connectivity index (χ2v) is 6.16. The Morgan fingerprint density at radius 3 is 3.09 bits per heavy atom. The molecule has 22 heavy (non-hydrogen) atoms. The summed E-state index contributed by atoms with van der Waals surface area (Å²) in [4.78, 5) is 16.1. The van der Waals surface area contributed by atoms with Gasteiger partial charge in [-0.2, -0.15) is 5.26 Å². The van der Waals surface area contributed by atoms with Crippen LogP contribution in [0.25, 0.3) is 0 Å². The van der Waals surface area contributed by atoms with Gasteiger partial charge in [0.05, 0.1) is 12.5 Å². The van der Waals surface area contributed by atoms with Gasteiger partial charge >= 0.3 is 0 Å². The van der Waals surface area contributed by atoms with E-state index >= 15 is 0 Å². The van der Waals surface area contributed by atoms with Crippen molar-refractivity contribution in [1.82, 2.24) is 9.80 Å². The van der Waals surface area contributed by atoms with Crippen LogP contribution in [0.1, 0.15) is 37.3 Å². The van der Waals surface area contributed by atoms with E-state index in [9.17, 15) is 4.79 Å². The Balaban J connectivity index is 1.89. The van der Waals surface area contributed by atoms with Crippen LogP contribution in [0.5, 0.6) is 0 Å². The van der Waals surface area contributed by atoms with E-state index in [0.717, 1.165) is 31.0 Å². The standard InChI is InChI=1S/C17H22ClN3O/c1-20(10-4-9-19)17(22)8-12-21-11-3-7-16(21)14-5-2-6-15(18)13-14/h2,5-6,13,16H,3-4,7-8,10-12H2,1H3/t16-/m1/s1. The zero-order valence-corrected chi connectivity index (χ0v) is 13.7. The van der Waals surface area contributed by atoms with Gasteiger partial charge in [0, 0.05) is 37.6 Å². The lowest BCUT2D eigenvalue weighted by atomic mass is 10.0. The average molecular weight is 320 g/mol. The van der Waals surface area contributed by atoms with Crippen LogP contribution in [0.15, 0.2) is 24.3 Å². The number of halogens is 1. The number of amides is 1. The first-order valence-electron chi connectivity index (χ1n) is 7.72. The van der Waals surface area contributed by atoms with Crippen molar-refractivity contribution in [2.45, 2.75) is 31.7 Å². The number of hydrogen-bond donors (Lipinski definition) is 0. The SMILES string of the molecule is CN(CCC#N)C(=O)CCN1CCC[C@@H]1c1cccc(Cl)c1. The van der Waals surface area contributed by atoms with E-state index in [0.29, 0.717) is 25.4 Å². The van der Waals surface area contributed by atoms with Crippen LogP contribution < -0.4 is 0 Å². The molecule has 1 fully saturated rings. The molecule has 1 heterocycles. The van der Waals surface area contributed by atoms with Crippen LogP contribution in [-0.2, 0) is 4.79 Å². The highest BCUT2D eigenvalue weighted by Gasteiger charge is 2.26. The minimum absolute atomic E-state index is 0.104. The maximum atomic E-state index is 12.1. The van der Waals surface area contributed by atoms with E-state index in [1.807, 2.05) is 18.2 Å². The molecule has 0 saturated carbocycles. The van der Waals surface area contributed by atoms with Gasteiger partial charge in [-0.1, -0.05) is 23.7 Å². The molecular weight excluding hydrogens is 298 g/mol. The van der Waals surface area contributed by atoms with E-state index in [-0.39, 0.29) is 5.91 Å². The molecule has 2 rings (SSSR count). The summed E-state index contributed by atoms with van der Waals surface area (Å²) in [5.74, 6) is 0.104. The first-order chi connectivity index (χ1) is 10.6. The molecule has 1 aliphatic rings. The topological polar surface area (TPSA) is 47.3 Å². The highest BCUT2D eigenvalue weighted by Crippen LogP contribution is 2.32. The Labute approximate surface area is 137 Å². The van der Waals surface area contributed by atoms with Crippen molar-refractivity contribution < 1.29 is 4.79 Å². The third-order valence-corrected chi connectivity index (χ3v) is 4.43. The van der Waals surface area contributed by atoms with Crippen LogP contribution in [0.4, 0.5) is 0 Å². The molecule has 0 radical (unpaired) electrons. The van der Waals surface area contributed by atoms with Crippen molar-refractivity contribution in [1.29, 1.82) is 5.26 Å². The molecular formula is C17H22ClN3O. The molecule has 4 nitrogen and oxygen atoms in total. The summed E-state index contributed by atoms with van der Waals surface area (Å²) < 4.78 is 0. The zero-order valence-electron chi connectivity index (χ0n) is 13.0. The Kier molecular flexibility index (Phi) is 6.23. The number of likely N-dealkylation sites (tertiary alicyclic amines) is 1. The van der Waals surface area contributed by atoms with Crippen molar-refractivity contribution >= 4 is 17.5 Å². The predicted octanol–water partition coefficient (Wildman–Crippen LogP) is 3.24. The predicted molar refractivity (Wildman–Crippen MR) is 87.5 cm³/mol. The third-order valence-electron chi connectivity index (χ3n) is 4.19. The van der Waals surface area contributed by atoms with Gasteiger partial charge in [0.2, 0.25) is 5.91 Å². The Hall–Kier alpha value is -1.57. The van der Waals surface area contributed by atoms with Gasteiger partial charge in [-0.05, 0) is 37.1 Å². The van der Waals surface area contributed by atoms with Crippen molar-refractivity contribution in [3.05, 3.63) is 34.9 Å². The fraction of sp³-hybridized carbons (Fsp3) is 0.529. The number of carbonyl (C=O) groups excluding carboxylic acids is 1. The van der Waals surface area contributed by atoms with Crippen LogP contribution >= 0.6 is 11.6 Å². The summed E-state index contributed by atoms with van der Waals surface area (Å²) in [5.41, 5.74) is 1.23. The molecule has 0 unspecified atom stereocenters. The molecule has 1 aromatic rings. The molecule has 118 valence electrons. The molecule has 0 aliphatic carbocycles. The Bertz CT molecular complexity index is 555. The van der Waals surface area contributed by atoms with E-state index in [4.69, 9.17) is 16.9 Å². The number of nitrogens with zero attached hydrogens (tertiary/aromatic N) is 3. The number of nitriles is 1. The number of rotatable bonds is 6. The fourth-order valence-corrected chi connectivity index (χ4v) is 3.16. The maximum Gasteiger partial charge on any atom is 0.223 e. The van der Waals surface area contributed by atoms with Gasteiger partial charge in [-0.25, -0.2) is 0 Å². The van der Waals surface area contributed by atoms with E-state index < -0.39 is 0 Å². The maximum absolute atomic E-state index is 12.1. The lowest BCUT2D eigenvalue weighted by molar-refractivity contribution is -0.130. The van der Waals surface area contributed by atoms with Gasteiger partial charge in [-0.3, -0.25) is 9.69 Å². The minimum Gasteiger partial charge on any atom is -0.345 e. The van der Waals surface area contributed by atoms with Gasteiger partial charge < -0.3 is 4.90 Å². The quantitative estimate of drug-likeness (QED) is 0.808. The largest absolute Gasteiger partial charge is 0.345 e. The summed E-state index contributed by atoms with van der Waals surface area (Å²) in [5, 5.41) is 9.34. The molecule has 1 saturated heterocycles. The summed E-state index contributed by atoms with van der Waals surface area (Å²) in [6, 6.07) is 10.4. The van der Waals surface area contributed by atoms with Gasteiger partial charge in [0.15, 0.2) is 0 Å². The summed E-state index contributed by atoms with van der Waals surface area (Å²) in [6.07, 6.45) is 3.14. The number of hydrogen-bond acceptors (Lipinski definition) is 3.